The second kappa shape index (κ2) is 3.50. The standard InChI is InChI=1S/C10H13OS/c1-9-7-8-12(11-9)10-5-3-2-4-6-10/h2-6,9H,7-8H2,1H3/q+1. The van der Waals surface area contributed by atoms with E-state index in [4.69, 9.17) is 4.18 Å². The maximum absolute atomic E-state index is 5.78. The van der Waals surface area contributed by atoms with Gasteiger partial charge in [0.15, 0.2) is 16.1 Å². The summed E-state index contributed by atoms with van der Waals surface area (Å²) in [6.07, 6.45) is 1.66. The molecule has 0 N–H and O–H groups in total. The van der Waals surface area contributed by atoms with E-state index in [2.05, 4.69) is 31.2 Å². The predicted octanol–water partition coefficient (Wildman–Crippen LogP) is 2.39. The van der Waals surface area contributed by atoms with Crippen LogP contribution < -0.4 is 0 Å². The highest BCUT2D eigenvalue weighted by atomic mass is 32.2. The Morgan fingerprint density at radius 1 is 1.33 bits per heavy atom. The van der Waals surface area contributed by atoms with Crippen LogP contribution in [0.4, 0.5) is 0 Å². The molecule has 0 saturated carbocycles. The van der Waals surface area contributed by atoms with Crippen LogP contribution in [0.2, 0.25) is 0 Å². The van der Waals surface area contributed by atoms with Crippen molar-refractivity contribution in [3.63, 3.8) is 0 Å². The monoisotopic (exact) mass is 181 g/mol. The largest absolute Gasteiger partial charge is 0.190 e. The van der Waals surface area contributed by atoms with E-state index in [0.29, 0.717) is 6.10 Å². The molecular formula is C10H13OS+. The predicted molar refractivity (Wildman–Crippen MR) is 52.1 cm³/mol. The van der Waals surface area contributed by atoms with Crippen molar-refractivity contribution in [1.29, 1.82) is 0 Å². The van der Waals surface area contributed by atoms with Crippen LogP contribution in [0.15, 0.2) is 35.2 Å². The molecule has 64 valence electrons. The zero-order chi connectivity index (χ0) is 8.39. The summed E-state index contributed by atoms with van der Waals surface area (Å²) in [6, 6.07) is 10.5. The molecule has 2 heteroatoms. The summed E-state index contributed by atoms with van der Waals surface area (Å²) in [4.78, 5) is 1.35. The molecule has 0 spiro atoms. The Balaban J connectivity index is 2.11. The van der Waals surface area contributed by atoms with Gasteiger partial charge in [-0.2, -0.15) is 4.18 Å². The molecule has 0 amide bonds. The van der Waals surface area contributed by atoms with Gasteiger partial charge in [-0.15, -0.1) is 0 Å². The maximum atomic E-state index is 5.78. The van der Waals surface area contributed by atoms with Gasteiger partial charge in [-0.25, -0.2) is 0 Å². The van der Waals surface area contributed by atoms with Gasteiger partial charge >= 0.3 is 0 Å². The third kappa shape index (κ3) is 1.65. The van der Waals surface area contributed by atoms with Gasteiger partial charge in [0.2, 0.25) is 0 Å². The first-order valence-electron chi connectivity index (χ1n) is 4.29. The molecule has 1 nitrogen and oxygen atoms in total. The maximum Gasteiger partial charge on any atom is 0.190 e. The van der Waals surface area contributed by atoms with Crippen molar-refractivity contribution in [3.05, 3.63) is 30.3 Å². The normalized spacial score (nSPS) is 29.1. The fraction of sp³-hybridized carbons (Fsp3) is 0.400. The minimum atomic E-state index is 0.0792. The van der Waals surface area contributed by atoms with Gasteiger partial charge in [-0.3, -0.25) is 0 Å². The van der Waals surface area contributed by atoms with Crippen molar-refractivity contribution in [1.82, 2.24) is 0 Å². The Hall–Kier alpha value is -0.470. The molecule has 1 aliphatic heterocycles. The van der Waals surface area contributed by atoms with Gasteiger partial charge in [0, 0.05) is 6.42 Å². The number of hydrogen-bond acceptors (Lipinski definition) is 1. The van der Waals surface area contributed by atoms with Crippen molar-refractivity contribution in [3.8, 4) is 0 Å². The van der Waals surface area contributed by atoms with E-state index in [1.165, 1.54) is 17.1 Å². The molecule has 1 fully saturated rings. The highest BCUT2D eigenvalue weighted by Crippen LogP contribution is 2.25. The molecule has 1 heterocycles. The van der Waals surface area contributed by atoms with Gasteiger partial charge in [0.05, 0.1) is 0 Å². The smallest absolute Gasteiger partial charge is 0.165 e. The lowest BCUT2D eigenvalue weighted by molar-refractivity contribution is 0.279. The van der Waals surface area contributed by atoms with Gasteiger partial charge < -0.3 is 0 Å². The minimum absolute atomic E-state index is 0.0792. The van der Waals surface area contributed by atoms with Crippen LogP contribution in [0, 0.1) is 0 Å². The molecular weight excluding hydrogens is 168 g/mol. The quantitative estimate of drug-likeness (QED) is 0.604. The van der Waals surface area contributed by atoms with Crippen molar-refractivity contribution in [2.75, 3.05) is 5.75 Å². The van der Waals surface area contributed by atoms with Crippen LogP contribution in [-0.4, -0.2) is 11.9 Å². The first kappa shape index (κ1) is 8.14. The summed E-state index contributed by atoms with van der Waals surface area (Å²) in [5, 5.41) is 0. The van der Waals surface area contributed by atoms with E-state index in [0.717, 1.165) is 0 Å². The molecule has 2 rings (SSSR count). The van der Waals surface area contributed by atoms with E-state index in [9.17, 15) is 0 Å². The first-order valence-corrected chi connectivity index (χ1v) is 5.61. The van der Waals surface area contributed by atoms with Crippen LogP contribution in [0.5, 0.6) is 0 Å². The zero-order valence-electron chi connectivity index (χ0n) is 7.19. The Bertz CT molecular complexity index is 247. The lowest BCUT2D eigenvalue weighted by Crippen LogP contribution is -2.04. The number of hydrogen-bond donors (Lipinski definition) is 0. The van der Waals surface area contributed by atoms with Gasteiger partial charge in [0.25, 0.3) is 0 Å². The molecule has 1 aliphatic rings. The van der Waals surface area contributed by atoms with Crippen LogP contribution >= 0.6 is 0 Å². The zero-order valence-corrected chi connectivity index (χ0v) is 8.01. The summed E-state index contributed by atoms with van der Waals surface area (Å²) < 4.78 is 5.78. The summed E-state index contributed by atoms with van der Waals surface area (Å²) in [5.41, 5.74) is 0. The van der Waals surface area contributed by atoms with E-state index in [1.54, 1.807) is 0 Å². The Labute approximate surface area is 76.3 Å². The molecule has 12 heavy (non-hydrogen) atoms. The lowest BCUT2D eigenvalue weighted by Gasteiger charge is -1.97. The molecule has 0 radical (unpaired) electrons. The van der Waals surface area contributed by atoms with Crippen molar-refractivity contribution in [2.24, 2.45) is 0 Å². The van der Waals surface area contributed by atoms with E-state index in [-0.39, 0.29) is 11.2 Å². The summed E-state index contributed by atoms with van der Waals surface area (Å²) >= 11 is 0.0792. The molecule has 0 aliphatic carbocycles. The van der Waals surface area contributed by atoms with Crippen LogP contribution in [0.25, 0.3) is 0 Å². The number of benzene rings is 1. The molecule has 1 aromatic rings. The van der Waals surface area contributed by atoms with E-state index < -0.39 is 0 Å². The molecule has 0 bridgehead atoms. The number of rotatable bonds is 1. The summed E-state index contributed by atoms with van der Waals surface area (Å²) in [6.45, 7) is 2.15. The van der Waals surface area contributed by atoms with Crippen LogP contribution in [-0.2, 0) is 15.4 Å². The highest BCUT2D eigenvalue weighted by molar-refractivity contribution is 7.92. The SMILES string of the molecule is CC1CC[S+](c2ccccc2)O1. The lowest BCUT2D eigenvalue weighted by atomic mass is 10.3. The fourth-order valence-electron chi connectivity index (χ4n) is 1.31. The second-order valence-corrected chi connectivity index (χ2v) is 4.82. The molecule has 1 saturated heterocycles. The Morgan fingerprint density at radius 2 is 2.08 bits per heavy atom. The Kier molecular flexibility index (Phi) is 2.38. The molecule has 2 unspecified atom stereocenters. The van der Waals surface area contributed by atoms with Crippen molar-refractivity contribution in [2.45, 2.75) is 24.3 Å². The first-order chi connectivity index (χ1) is 5.86. The molecule has 0 aromatic heterocycles. The second-order valence-electron chi connectivity index (χ2n) is 3.06. The van der Waals surface area contributed by atoms with Crippen LogP contribution in [0.1, 0.15) is 13.3 Å². The molecule has 1 aromatic carbocycles. The molecule has 2 atom stereocenters. The fourth-order valence-corrected chi connectivity index (χ4v) is 3.26. The minimum Gasteiger partial charge on any atom is -0.165 e. The highest BCUT2D eigenvalue weighted by Gasteiger charge is 2.34. The summed E-state index contributed by atoms with van der Waals surface area (Å²) in [5.74, 6) is 1.20. The third-order valence-corrected chi connectivity index (χ3v) is 3.96. The van der Waals surface area contributed by atoms with Gasteiger partial charge in [-0.1, -0.05) is 18.2 Å². The average molecular weight is 181 g/mol. The van der Waals surface area contributed by atoms with E-state index >= 15 is 0 Å². The van der Waals surface area contributed by atoms with Gasteiger partial charge in [-0.05, 0) is 19.1 Å². The van der Waals surface area contributed by atoms with Crippen molar-refractivity contribution >= 4 is 11.2 Å². The summed E-state index contributed by atoms with van der Waals surface area (Å²) in [7, 11) is 0. The third-order valence-electron chi connectivity index (χ3n) is 2.00. The van der Waals surface area contributed by atoms with E-state index in [1.807, 2.05) is 6.07 Å². The topological polar surface area (TPSA) is 9.23 Å². The van der Waals surface area contributed by atoms with Gasteiger partial charge in [0.1, 0.15) is 11.9 Å². The van der Waals surface area contributed by atoms with Crippen LogP contribution in [0.3, 0.4) is 0 Å². The average Bonchev–Trinajstić information content (AvgIpc) is 2.54. The van der Waals surface area contributed by atoms with Crippen molar-refractivity contribution < 1.29 is 4.18 Å². The Morgan fingerprint density at radius 3 is 2.67 bits per heavy atom.